The van der Waals surface area contributed by atoms with Gasteiger partial charge in [0.2, 0.25) is 0 Å². The van der Waals surface area contributed by atoms with Crippen LogP contribution in [0.5, 0.6) is 11.5 Å². The fourth-order valence-corrected chi connectivity index (χ4v) is 3.84. The molecule has 2 aromatic rings. The molecular weight excluding hydrogens is 471 g/mol. The molecule has 0 fully saturated rings. The van der Waals surface area contributed by atoms with Gasteiger partial charge in [0.1, 0.15) is 11.5 Å². The van der Waals surface area contributed by atoms with Gasteiger partial charge in [0, 0.05) is 0 Å². The quantitative estimate of drug-likeness (QED) is 0.227. The Hall–Kier alpha value is -1.65. The number of benzene rings is 2. The molecule has 2 rings (SSSR count). The fraction of sp³-hybridized carbons (Fsp3) is 0.600. The van der Waals surface area contributed by atoms with E-state index in [2.05, 4.69) is 121 Å². The lowest BCUT2D eigenvalue weighted by molar-refractivity contribution is 0.368. The molecule has 0 aliphatic rings. The van der Waals surface area contributed by atoms with Gasteiger partial charge < -0.3 is 24.9 Å². The highest BCUT2D eigenvalue weighted by Crippen LogP contribution is 2.40. The van der Waals surface area contributed by atoms with Gasteiger partial charge in [-0.15, -0.1) is 0 Å². The van der Waals surface area contributed by atoms with Crippen LogP contribution in [0.25, 0.3) is 0 Å². The van der Waals surface area contributed by atoms with Crippen LogP contribution in [0.4, 0.5) is 0 Å². The average Bonchev–Trinajstić information content (AvgIpc) is 2.61. The number of aromatic hydroxyl groups is 2. The first-order valence-corrected chi connectivity index (χ1v) is 13.6. The molecule has 5 nitrogen and oxygen atoms in total. The summed E-state index contributed by atoms with van der Waals surface area (Å²) in [6, 6.07) is 8.35. The summed E-state index contributed by atoms with van der Waals surface area (Å²) in [4.78, 5) is 21.7. The molecule has 0 bridgehead atoms. The molecule has 0 saturated carbocycles. The lowest BCUT2D eigenvalue weighted by atomic mass is 9.78. The topological polar surface area (TPSA) is 101 Å². The highest BCUT2D eigenvalue weighted by atomic mass is 31.2. The maximum Gasteiger partial charge on any atom is 0.324 e. The van der Waals surface area contributed by atoms with Crippen molar-refractivity contribution in [1.29, 1.82) is 0 Å². The number of hydrogen-bond acceptors (Lipinski definition) is 5. The van der Waals surface area contributed by atoms with E-state index in [0.29, 0.717) is 11.5 Å². The standard InChI is InChI=1S/2C15H24O.H3O3P/c2*1-10-8-11(14(2,3)4)13(16)12(9-10)15(5,6)7;1-4(2)3/h2*8-9,16H,1-7H3;1-3H. The molecule has 6 heteroatoms. The van der Waals surface area contributed by atoms with E-state index < -0.39 is 8.60 Å². The smallest absolute Gasteiger partial charge is 0.324 e. The second-order valence-electron chi connectivity index (χ2n) is 13.7. The van der Waals surface area contributed by atoms with Gasteiger partial charge in [0.25, 0.3) is 0 Å². The zero-order valence-electron chi connectivity index (χ0n) is 25.0. The number of phenols is 2. The van der Waals surface area contributed by atoms with E-state index in [1.807, 2.05) is 0 Å². The van der Waals surface area contributed by atoms with Crippen molar-refractivity contribution < 1.29 is 24.9 Å². The van der Waals surface area contributed by atoms with Crippen molar-refractivity contribution in [1.82, 2.24) is 0 Å². The van der Waals surface area contributed by atoms with E-state index in [0.717, 1.165) is 22.3 Å². The lowest BCUT2D eigenvalue weighted by Gasteiger charge is -2.27. The van der Waals surface area contributed by atoms with Crippen LogP contribution < -0.4 is 0 Å². The Kier molecular flexibility index (Phi) is 11.7. The minimum absolute atomic E-state index is 0.0178. The molecule has 206 valence electrons. The van der Waals surface area contributed by atoms with E-state index in [9.17, 15) is 10.2 Å². The summed E-state index contributed by atoms with van der Waals surface area (Å²) >= 11 is 0. The van der Waals surface area contributed by atoms with Crippen molar-refractivity contribution in [2.75, 3.05) is 0 Å². The van der Waals surface area contributed by atoms with Crippen molar-refractivity contribution in [3.05, 3.63) is 57.6 Å². The minimum Gasteiger partial charge on any atom is -0.507 e. The third kappa shape index (κ3) is 10.8. The van der Waals surface area contributed by atoms with E-state index in [1.54, 1.807) is 0 Å². The first-order valence-electron chi connectivity index (χ1n) is 12.4. The Morgan fingerprint density at radius 1 is 0.444 bits per heavy atom. The van der Waals surface area contributed by atoms with Crippen molar-refractivity contribution in [2.45, 2.75) is 119 Å². The predicted molar refractivity (Wildman–Crippen MR) is 154 cm³/mol. The highest BCUT2D eigenvalue weighted by Gasteiger charge is 2.26. The maximum absolute atomic E-state index is 10.4. The van der Waals surface area contributed by atoms with Crippen molar-refractivity contribution in [2.24, 2.45) is 0 Å². The molecule has 0 aromatic heterocycles. The average molecular weight is 523 g/mol. The number of aryl methyl sites for hydroxylation is 2. The van der Waals surface area contributed by atoms with Crippen LogP contribution in [0.1, 0.15) is 116 Å². The molecular formula is C30H51O5P. The zero-order valence-corrected chi connectivity index (χ0v) is 25.9. The van der Waals surface area contributed by atoms with E-state index >= 15 is 0 Å². The van der Waals surface area contributed by atoms with Crippen molar-refractivity contribution in [3.8, 4) is 11.5 Å². The van der Waals surface area contributed by atoms with Crippen LogP contribution in [0.2, 0.25) is 0 Å². The molecule has 0 saturated heterocycles. The molecule has 0 unspecified atom stereocenters. The Labute approximate surface area is 221 Å². The van der Waals surface area contributed by atoms with Crippen LogP contribution in [0, 0.1) is 13.8 Å². The Balaban J connectivity index is 0.000000593. The second-order valence-corrected chi connectivity index (χ2v) is 14.2. The van der Waals surface area contributed by atoms with E-state index in [1.165, 1.54) is 11.1 Å². The van der Waals surface area contributed by atoms with Gasteiger partial charge in [0.15, 0.2) is 0 Å². The number of hydrogen-bond donors (Lipinski definition) is 5. The summed E-state index contributed by atoms with van der Waals surface area (Å²) < 4.78 is 0. The van der Waals surface area contributed by atoms with Crippen LogP contribution in [-0.2, 0) is 21.7 Å². The first kappa shape index (κ1) is 34.4. The summed E-state index contributed by atoms with van der Waals surface area (Å²) in [5.74, 6) is 0.927. The zero-order chi connectivity index (χ0) is 29.0. The molecule has 2 aromatic carbocycles. The van der Waals surface area contributed by atoms with Gasteiger partial charge in [-0.05, 0) is 57.8 Å². The molecule has 0 atom stereocenters. The molecule has 0 amide bonds. The van der Waals surface area contributed by atoms with Crippen LogP contribution in [0.3, 0.4) is 0 Å². The van der Waals surface area contributed by atoms with Crippen molar-refractivity contribution >= 4 is 8.60 Å². The van der Waals surface area contributed by atoms with Crippen LogP contribution in [-0.4, -0.2) is 24.9 Å². The van der Waals surface area contributed by atoms with Gasteiger partial charge in [-0.3, -0.25) is 0 Å². The molecule has 5 N–H and O–H groups in total. The summed E-state index contributed by atoms with van der Waals surface area (Å²) in [6.45, 7) is 29.8. The monoisotopic (exact) mass is 522 g/mol. The second kappa shape index (κ2) is 12.3. The largest absolute Gasteiger partial charge is 0.507 e. The summed E-state index contributed by atoms with van der Waals surface area (Å²) in [5, 5.41) is 20.8. The van der Waals surface area contributed by atoms with Crippen LogP contribution in [0.15, 0.2) is 24.3 Å². The summed E-state index contributed by atoms with van der Waals surface area (Å²) in [5.41, 5.74) is 6.52. The SMILES string of the molecule is Cc1cc(C(C)(C)C)c(O)c(C(C)(C)C)c1.Cc1cc(C(C)(C)C)c(O)c(C(C)(C)C)c1.OP(O)O. The number of rotatable bonds is 0. The summed E-state index contributed by atoms with van der Waals surface area (Å²) in [7, 11) is -2.62. The molecule has 0 heterocycles. The normalized spacial score (nSPS) is 12.5. The van der Waals surface area contributed by atoms with Gasteiger partial charge in [-0.1, -0.05) is 118 Å². The van der Waals surface area contributed by atoms with Gasteiger partial charge in [0.05, 0.1) is 0 Å². The van der Waals surface area contributed by atoms with E-state index in [-0.39, 0.29) is 21.7 Å². The molecule has 0 aliphatic heterocycles. The minimum atomic E-state index is -2.62. The maximum atomic E-state index is 10.4. The van der Waals surface area contributed by atoms with E-state index in [4.69, 9.17) is 14.7 Å². The Morgan fingerprint density at radius 2 is 0.583 bits per heavy atom. The predicted octanol–water partition coefficient (Wildman–Crippen LogP) is 7.78. The summed E-state index contributed by atoms with van der Waals surface area (Å²) in [6.07, 6.45) is 0. The van der Waals surface area contributed by atoms with Gasteiger partial charge in [-0.25, -0.2) is 0 Å². The van der Waals surface area contributed by atoms with Crippen LogP contribution >= 0.6 is 8.60 Å². The highest BCUT2D eigenvalue weighted by molar-refractivity contribution is 7.38. The third-order valence-electron chi connectivity index (χ3n) is 5.74. The fourth-order valence-electron chi connectivity index (χ4n) is 3.84. The molecule has 0 aliphatic carbocycles. The number of phenolic OH excluding ortho intramolecular Hbond substituents is 2. The molecule has 0 spiro atoms. The molecule has 36 heavy (non-hydrogen) atoms. The van der Waals surface area contributed by atoms with Crippen molar-refractivity contribution in [3.63, 3.8) is 0 Å². The molecule has 0 radical (unpaired) electrons. The lowest BCUT2D eigenvalue weighted by Crippen LogP contribution is -2.17. The first-order chi connectivity index (χ1) is 15.8. The Morgan fingerprint density at radius 3 is 0.694 bits per heavy atom. The third-order valence-corrected chi connectivity index (χ3v) is 5.74. The Bertz CT molecular complexity index is 846. The van der Waals surface area contributed by atoms with Gasteiger partial charge >= 0.3 is 8.60 Å². The van der Waals surface area contributed by atoms with Gasteiger partial charge in [-0.2, -0.15) is 0 Å².